The van der Waals surface area contributed by atoms with Crippen LogP contribution in [0.25, 0.3) is 10.1 Å². The third-order valence-corrected chi connectivity index (χ3v) is 5.51. The van der Waals surface area contributed by atoms with E-state index < -0.39 is 33.3 Å². The second-order valence-corrected chi connectivity index (χ2v) is 7.36. The third-order valence-electron chi connectivity index (χ3n) is 3.61. The summed E-state index contributed by atoms with van der Waals surface area (Å²) in [5.41, 5.74) is -2.18. The van der Waals surface area contributed by atoms with Gasteiger partial charge >= 0.3 is 6.18 Å². The number of nitrogens with zero attached hydrogens (tertiary/aromatic N) is 3. The van der Waals surface area contributed by atoms with Crippen molar-refractivity contribution in [2.45, 2.75) is 6.18 Å². The molecule has 144 valence electrons. The summed E-state index contributed by atoms with van der Waals surface area (Å²) < 4.78 is 38.8. The summed E-state index contributed by atoms with van der Waals surface area (Å²) in [5, 5.41) is 14.7. The van der Waals surface area contributed by atoms with Crippen molar-refractivity contribution in [3.63, 3.8) is 0 Å². The molecule has 0 aliphatic carbocycles. The number of alkyl halides is 3. The van der Waals surface area contributed by atoms with E-state index in [4.69, 9.17) is 0 Å². The van der Waals surface area contributed by atoms with Crippen LogP contribution < -0.4 is 10.5 Å². The van der Waals surface area contributed by atoms with Crippen molar-refractivity contribution >= 4 is 43.6 Å². The summed E-state index contributed by atoms with van der Waals surface area (Å²) in [4.78, 5) is 27.9. The Balaban J connectivity index is 2.05. The molecule has 11 heteroatoms. The number of rotatable bonds is 3. The van der Waals surface area contributed by atoms with E-state index in [0.717, 1.165) is 16.9 Å². The lowest BCUT2D eigenvalue weighted by Gasteiger charge is -2.14. The van der Waals surface area contributed by atoms with E-state index in [1.807, 2.05) is 16.8 Å². The van der Waals surface area contributed by atoms with Crippen molar-refractivity contribution < 1.29 is 18.1 Å². The van der Waals surface area contributed by atoms with Crippen LogP contribution in [-0.4, -0.2) is 23.5 Å². The number of fused-ring (bicyclic) bond motifs is 1. The van der Waals surface area contributed by atoms with Gasteiger partial charge in [-0.3, -0.25) is 14.9 Å². The van der Waals surface area contributed by atoms with Crippen molar-refractivity contribution in [3.05, 3.63) is 60.6 Å². The topological polar surface area (TPSA) is 76.3 Å². The molecule has 3 rings (SSSR count). The molecule has 1 aromatic carbocycles. The molecular formula is C17H10F3N3O3S2. The van der Waals surface area contributed by atoms with Crippen molar-refractivity contribution in [2.75, 3.05) is 18.5 Å². The van der Waals surface area contributed by atoms with Crippen LogP contribution in [0.15, 0.2) is 33.8 Å². The average Bonchev–Trinajstić information content (AvgIpc) is 3.13. The number of nitro groups is 1. The van der Waals surface area contributed by atoms with Crippen LogP contribution in [0.2, 0.25) is 0 Å². The molecule has 0 unspecified atom stereocenters. The molecule has 0 radical (unpaired) electrons. The quantitative estimate of drug-likeness (QED) is 0.358. The molecule has 6 nitrogen and oxygen atoms in total. The zero-order valence-electron chi connectivity index (χ0n) is 14.1. The predicted molar refractivity (Wildman–Crippen MR) is 102 cm³/mol. The van der Waals surface area contributed by atoms with Crippen LogP contribution in [0, 0.1) is 22.0 Å². The van der Waals surface area contributed by atoms with E-state index in [-0.39, 0.29) is 16.4 Å². The van der Waals surface area contributed by atoms with E-state index in [1.54, 1.807) is 7.05 Å². The molecule has 0 saturated carbocycles. The summed E-state index contributed by atoms with van der Waals surface area (Å²) in [7, 11) is 1.59. The number of anilines is 1. The van der Waals surface area contributed by atoms with Gasteiger partial charge in [-0.1, -0.05) is 23.2 Å². The molecule has 0 aliphatic heterocycles. The summed E-state index contributed by atoms with van der Waals surface area (Å²) in [6.07, 6.45) is -4.82. The number of non-ortho nitro benzene ring substituents is 1. The molecule has 0 N–H and O–H groups in total. The number of thiophene rings is 1. The molecule has 28 heavy (non-hydrogen) atoms. The minimum atomic E-state index is -4.82. The van der Waals surface area contributed by atoms with Gasteiger partial charge in [0.2, 0.25) is 0 Å². The first-order valence-corrected chi connectivity index (χ1v) is 9.35. The van der Waals surface area contributed by atoms with Crippen molar-refractivity contribution in [1.82, 2.24) is 4.98 Å². The Morgan fingerprint density at radius 1 is 1.36 bits per heavy atom. The largest absolute Gasteiger partial charge is 0.416 e. The molecule has 0 fully saturated rings. The minimum Gasteiger partial charge on any atom is -0.340 e. The molecule has 3 aromatic rings. The van der Waals surface area contributed by atoms with Gasteiger partial charge in [0.05, 0.1) is 22.4 Å². The highest BCUT2D eigenvalue weighted by molar-refractivity contribution is 7.22. The number of hydrogen-bond donors (Lipinski definition) is 0. The number of halogens is 3. The Labute approximate surface area is 164 Å². The predicted octanol–water partition coefficient (Wildman–Crippen LogP) is 4.13. The second-order valence-electron chi connectivity index (χ2n) is 5.60. The number of aromatic nitrogens is 1. The van der Waals surface area contributed by atoms with E-state index in [1.165, 1.54) is 16.2 Å². The molecule has 0 atom stereocenters. The van der Waals surface area contributed by atoms with Gasteiger partial charge in [0.25, 0.3) is 11.2 Å². The molecule has 0 aliphatic rings. The lowest BCUT2D eigenvalue weighted by atomic mass is 10.1. The van der Waals surface area contributed by atoms with Crippen LogP contribution in [0.4, 0.5) is 24.0 Å². The van der Waals surface area contributed by atoms with Gasteiger partial charge in [0, 0.05) is 24.1 Å². The second kappa shape index (κ2) is 7.57. The lowest BCUT2D eigenvalue weighted by Crippen LogP contribution is -2.21. The van der Waals surface area contributed by atoms with Crippen molar-refractivity contribution in [1.29, 1.82) is 0 Å². The van der Waals surface area contributed by atoms with Crippen LogP contribution >= 0.6 is 22.7 Å². The monoisotopic (exact) mass is 425 g/mol. The standard InChI is InChI=1S/C17H10F3N3O3S2/c1-22(5-2-3-10-4-6-27-9-10)16-21-15(24)12-7-11(17(18,19)20)8-13(23(25)26)14(12)28-16/h4,6-9H,5H2,1H3. The van der Waals surface area contributed by atoms with Crippen LogP contribution in [-0.2, 0) is 6.18 Å². The maximum absolute atomic E-state index is 13.0. The average molecular weight is 425 g/mol. The summed E-state index contributed by atoms with van der Waals surface area (Å²) in [6.45, 7) is 0.179. The maximum Gasteiger partial charge on any atom is 0.416 e. The molecular weight excluding hydrogens is 415 g/mol. The molecule has 0 amide bonds. The van der Waals surface area contributed by atoms with Crippen molar-refractivity contribution in [3.8, 4) is 11.8 Å². The molecule has 0 bridgehead atoms. The van der Waals surface area contributed by atoms with Crippen LogP contribution in [0.3, 0.4) is 0 Å². The minimum absolute atomic E-state index is 0.125. The van der Waals surface area contributed by atoms with Gasteiger partial charge in [-0.25, -0.2) is 0 Å². The van der Waals surface area contributed by atoms with Crippen LogP contribution in [0.5, 0.6) is 0 Å². The highest BCUT2D eigenvalue weighted by Crippen LogP contribution is 2.38. The molecule has 0 spiro atoms. The van der Waals surface area contributed by atoms with E-state index in [0.29, 0.717) is 12.1 Å². The van der Waals surface area contributed by atoms with E-state index in [2.05, 4.69) is 16.8 Å². The fourth-order valence-electron chi connectivity index (χ4n) is 2.27. The molecule has 2 heterocycles. The number of benzene rings is 1. The van der Waals surface area contributed by atoms with Crippen LogP contribution in [0.1, 0.15) is 11.1 Å². The van der Waals surface area contributed by atoms with Gasteiger partial charge in [-0.05, 0) is 17.5 Å². The van der Waals surface area contributed by atoms with Gasteiger partial charge in [0.15, 0.2) is 5.13 Å². The van der Waals surface area contributed by atoms with Gasteiger partial charge in [-0.2, -0.15) is 29.5 Å². The normalized spacial score (nSPS) is 11.1. The van der Waals surface area contributed by atoms with Gasteiger partial charge in [-0.15, -0.1) is 0 Å². The Hall–Kier alpha value is -2.97. The molecule has 2 aromatic heterocycles. The Kier molecular flexibility index (Phi) is 5.35. The Bertz CT molecular complexity index is 1160. The number of hydrogen-bond acceptors (Lipinski definition) is 7. The maximum atomic E-state index is 13.0. The van der Waals surface area contributed by atoms with E-state index >= 15 is 0 Å². The Morgan fingerprint density at radius 3 is 2.71 bits per heavy atom. The summed E-state index contributed by atoms with van der Waals surface area (Å²) >= 11 is 2.27. The Morgan fingerprint density at radius 2 is 2.11 bits per heavy atom. The fraction of sp³-hybridized carbons (Fsp3) is 0.176. The first kappa shape index (κ1) is 19.8. The summed E-state index contributed by atoms with van der Waals surface area (Å²) in [6, 6.07) is 2.86. The smallest absolute Gasteiger partial charge is 0.340 e. The first-order chi connectivity index (χ1) is 13.2. The highest BCUT2D eigenvalue weighted by atomic mass is 32.1. The third kappa shape index (κ3) is 4.13. The van der Waals surface area contributed by atoms with Gasteiger partial charge < -0.3 is 4.90 Å². The SMILES string of the molecule is CN(CC#Cc1ccsc1)c1nc(=O)c2cc(C(F)(F)F)cc([N+](=O)[O-])c2s1. The highest BCUT2D eigenvalue weighted by Gasteiger charge is 2.34. The molecule has 0 saturated heterocycles. The fourth-order valence-corrected chi connectivity index (χ4v) is 3.88. The van der Waals surface area contributed by atoms with E-state index in [9.17, 15) is 28.1 Å². The van der Waals surface area contributed by atoms with Crippen molar-refractivity contribution in [2.24, 2.45) is 0 Å². The summed E-state index contributed by atoms with van der Waals surface area (Å²) in [5.74, 6) is 5.80. The first-order valence-electron chi connectivity index (χ1n) is 7.59. The zero-order valence-corrected chi connectivity index (χ0v) is 15.7. The lowest BCUT2D eigenvalue weighted by molar-refractivity contribution is -0.383. The zero-order chi connectivity index (χ0) is 20.5. The number of nitro benzene ring substituents is 1. The van der Waals surface area contributed by atoms with Gasteiger partial charge in [0.1, 0.15) is 4.70 Å².